The first-order valence-corrected chi connectivity index (χ1v) is 6.42. The van der Waals surface area contributed by atoms with Crippen LogP contribution in [0.4, 0.5) is 24.8 Å². The second-order valence-electron chi connectivity index (χ2n) is 5.04. The Morgan fingerprint density at radius 2 is 2.11 bits per heavy atom. The molecular weight excluding hydrogens is 255 g/mol. The molecule has 19 heavy (non-hydrogen) atoms. The fourth-order valence-corrected chi connectivity index (χ4v) is 2.37. The zero-order chi connectivity index (χ0) is 14.0. The predicted molar refractivity (Wildman–Crippen MR) is 69.4 cm³/mol. The van der Waals surface area contributed by atoms with Gasteiger partial charge in [0.15, 0.2) is 0 Å². The van der Waals surface area contributed by atoms with Crippen molar-refractivity contribution in [2.45, 2.75) is 25.9 Å². The minimum Gasteiger partial charge on any atom is -0.373 e. The highest BCUT2D eigenvalue weighted by atomic mass is 19.4. The lowest BCUT2D eigenvalue weighted by Gasteiger charge is -2.32. The summed E-state index contributed by atoms with van der Waals surface area (Å²) in [6.07, 6.45) is -2.23. The summed E-state index contributed by atoms with van der Waals surface area (Å²) in [4.78, 5) is 6.17. The Morgan fingerprint density at radius 3 is 2.68 bits per heavy atom. The van der Waals surface area contributed by atoms with Crippen molar-refractivity contribution in [2.24, 2.45) is 5.92 Å². The maximum Gasteiger partial charge on any atom is 0.416 e. The lowest BCUT2D eigenvalue weighted by molar-refractivity contribution is -0.137. The number of hydrogen-bond donors (Lipinski definition) is 1. The van der Waals surface area contributed by atoms with Gasteiger partial charge in [0, 0.05) is 20.1 Å². The largest absolute Gasteiger partial charge is 0.416 e. The number of hydrogen-bond acceptors (Lipinski definition) is 3. The molecule has 1 saturated heterocycles. The van der Waals surface area contributed by atoms with Crippen molar-refractivity contribution in [2.75, 3.05) is 30.4 Å². The minimum absolute atomic E-state index is 0.253. The number of nitrogens with zero attached hydrogens (tertiary/aromatic N) is 2. The summed E-state index contributed by atoms with van der Waals surface area (Å²) >= 11 is 0. The molecule has 1 aliphatic rings. The lowest BCUT2D eigenvalue weighted by atomic mass is 10.0. The number of aromatic nitrogens is 1. The summed E-state index contributed by atoms with van der Waals surface area (Å²) in [5.41, 5.74) is -0.653. The van der Waals surface area contributed by atoms with Gasteiger partial charge in [0.05, 0.1) is 5.56 Å². The molecule has 6 heteroatoms. The number of alkyl halides is 3. The van der Waals surface area contributed by atoms with Gasteiger partial charge in [-0.3, -0.25) is 0 Å². The van der Waals surface area contributed by atoms with E-state index in [-0.39, 0.29) is 5.82 Å². The summed E-state index contributed by atoms with van der Waals surface area (Å²) in [6, 6.07) is 2.18. The molecule has 0 saturated carbocycles. The highest BCUT2D eigenvalue weighted by Gasteiger charge is 2.32. The van der Waals surface area contributed by atoms with Crippen LogP contribution in [-0.4, -0.2) is 25.1 Å². The van der Waals surface area contributed by atoms with Crippen LogP contribution in [0.3, 0.4) is 0 Å². The molecule has 2 rings (SSSR count). The van der Waals surface area contributed by atoms with E-state index in [4.69, 9.17) is 0 Å². The monoisotopic (exact) mass is 273 g/mol. The van der Waals surface area contributed by atoms with E-state index in [1.165, 1.54) is 0 Å². The highest BCUT2D eigenvalue weighted by Crippen LogP contribution is 2.33. The van der Waals surface area contributed by atoms with Crippen LogP contribution in [0.5, 0.6) is 0 Å². The normalized spacial score (nSPS) is 20.5. The third-order valence-corrected chi connectivity index (χ3v) is 3.38. The third-order valence-electron chi connectivity index (χ3n) is 3.38. The van der Waals surface area contributed by atoms with Crippen molar-refractivity contribution in [1.82, 2.24) is 4.98 Å². The first kappa shape index (κ1) is 14.0. The zero-order valence-electron chi connectivity index (χ0n) is 11.1. The number of nitrogens with one attached hydrogen (secondary N) is 1. The zero-order valence-corrected chi connectivity index (χ0v) is 11.1. The van der Waals surface area contributed by atoms with Gasteiger partial charge in [-0.05, 0) is 30.9 Å². The van der Waals surface area contributed by atoms with Gasteiger partial charge < -0.3 is 10.2 Å². The van der Waals surface area contributed by atoms with Gasteiger partial charge in [-0.15, -0.1) is 0 Å². The van der Waals surface area contributed by atoms with Crippen LogP contribution in [0.2, 0.25) is 0 Å². The average Bonchev–Trinajstić information content (AvgIpc) is 2.37. The molecule has 0 aliphatic carbocycles. The van der Waals surface area contributed by atoms with E-state index in [2.05, 4.69) is 17.2 Å². The molecule has 0 bridgehead atoms. The van der Waals surface area contributed by atoms with E-state index >= 15 is 0 Å². The van der Waals surface area contributed by atoms with Gasteiger partial charge in [-0.2, -0.15) is 13.2 Å². The van der Waals surface area contributed by atoms with Crippen molar-refractivity contribution in [3.63, 3.8) is 0 Å². The molecule has 1 aromatic rings. The molecule has 0 aromatic carbocycles. The molecule has 1 fully saturated rings. The van der Waals surface area contributed by atoms with E-state index in [1.807, 2.05) is 4.90 Å². The van der Waals surface area contributed by atoms with E-state index in [0.29, 0.717) is 11.7 Å². The topological polar surface area (TPSA) is 28.2 Å². The second-order valence-corrected chi connectivity index (χ2v) is 5.04. The summed E-state index contributed by atoms with van der Waals surface area (Å²) in [5, 5.41) is 2.69. The summed E-state index contributed by atoms with van der Waals surface area (Å²) in [6.45, 7) is 3.64. The molecule has 1 atom stereocenters. The Morgan fingerprint density at radius 1 is 1.37 bits per heavy atom. The molecule has 0 radical (unpaired) electrons. The number of pyridine rings is 1. The van der Waals surface area contributed by atoms with Crippen LogP contribution >= 0.6 is 0 Å². The molecule has 3 nitrogen and oxygen atoms in total. The van der Waals surface area contributed by atoms with Crippen molar-refractivity contribution in [3.8, 4) is 0 Å². The molecule has 106 valence electrons. The summed E-state index contributed by atoms with van der Waals surface area (Å²) in [5.74, 6) is 1.15. The van der Waals surface area contributed by atoms with Crippen LogP contribution in [-0.2, 0) is 6.18 Å². The standard InChI is InChI=1S/C13H18F3N3/c1-9-4-3-5-19(8-9)12-7-10(13(14,15)16)6-11(17-2)18-12/h6-7,9H,3-5,8H2,1-2H3,(H,17,18). The van der Waals surface area contributed by atoms with Crippen LogP contribution in [0.1, 0.15) is 25.3 Å². The summed E-state index contributed by atoms with van der Waals surface area (Å²) in [7, 11) is 1.57. The number of anilines is 2. The fourth-order valence-electron chi connectivity index (χ4n) is 2.37. The van der Waals surface area contributed by atoms with Gasteiger partial charge in [0.2, 0.25) is 0 Å². The van der Waals surface area contributed by atoms with Crippen molar-refractivity contribution in [3.05, 3.63) is 17.7 Å². The smallest absolute Gasteiger partial charge is 0.373 e. The number of halogens is 3. The van der Waals surface area contributed by atoms with Crippen LogP contribution in [0.15, 0.2) is 12.1 Å². The SMILES string of the molecule is CNc1cc(C(F)(F)F)cc(N2CCCC(C)C2)n1. The molecule has 1 aromatic heterocycles. The van der Waals surface area contributed by atoms with Gasteiger partial charge in [0.25, 0.3) is 0 Å². The number of rotatable bonds is 2. The van der Waals surface area contributed by atoms with Crippen LogP contribution < -0.4 is 10.2 Å². The Bertz CT molecular complexity index is 445. The highest BCUT2D eigenvalue weighted by molar-refractivity contribution is 5.51. The fraction of sp³-hybridized carbons (Fsp3) is 0.615. The molecule has 1 aliphatic heterocycles. The Labute approximate surface area is 110 Å². The Balaban J connectivity index is 2.34. The van der Waals surface area contributed by atoms with E-state index in [1.54, 1.807) is 7.05 Å². The summed E-state index contributed by atoms with van der Waals surface area (Å²) < 4.78 is 38.6. The third kappa shape index (κ3) is 3.30. The van der Waals surface area contributed by atoms with Crippen LogP contribution in [0.25, 0.3) is 0 Å². The van der Waals surface area contributed by atoms with Crippen molar-refractivity contribution in [1.29, 1.82) is 0 Å². The predicted octanol–water partition coefficient (Wildman–Crippen LogP) is 3.38. The lowest BCUT2D eigenvalue weighted by Crippen LogP contribution is -2.35. The molecule has 1 unspecified atom stereocenters. The minimum atomic E-state index is -4.34. The molecule has 1 N–H and O–H groups in total. The van der Waals surface area contributed by atoms with Crippen LogP contribution in [0, 0.1) is 5.92 Å². The molecular formula is C13H18F3N3. The molecule has 0 amide bonds. The number of piperidine rings is 1. The molecule has 0 spiro atoms. The van der Waals surface area contributed by atoms with E-state index < -0.39 is 11.7 Å². The van der Waals surface area contributed by atoms with E-state index in [0.717, 1.165) is 38.1 Å². The second kappa shape index (κ2) is 5.27. The first-order valence-electron chi connectivity index (χ1n) is 6.42. The maximum atomic E-state index is 12.9. The van der Waals surface area contributed by atoms with E-state index in [9.17, 15) is 13.2 Å². The maximum absolute atomic E-state index is 12.9. The Hall–Kier alpha value is -1.46. The Kier molecular flexibility index (Phi) is 3.87. The quantitative estimate of drug-likeness (QED) is 0.895. The van der Waals surface area contributed by atoms with Gasteiger partial charge in [-0.1, -0.05) is 6.92 Å². The average molecular weight is 273 g/mol. The van der Waals surface area contributed by atoms with Crippen molar-refractivity contribution < 1.29 is 13.2 Å². The van der Waals surface area contributed by atoms with Gasteiger partial charge >= 0.3 is 6.18 Å². The first-order chi connectivity index (χ1) is 8.90. The van der Waals surface area contributed by atoms with Crippen molar-refractivity contribution >= 4 is 11.6 Å². The van der Waals surface area contributed by atoms with Gasteiger partial charge in [-0.25, -0.2) is 4.98 Å². The molecule has 2 heterocycles. The van der Waals surface area contributed by atoms with Gasteiger partial charge in [0.1, 0.15) is 11.6 Å².